The Morgan fingerprint density at radius 3 is 2.75 bits per heavy atom. The largest absolute Gasteiger partial charge is 0.384 e. The Hall–Kier alpha value is -0.410. The van der Waals surface area contributed by atoms with Gasteiger partial charge in [0.2, 0.25) is 0 Å². The summed E-state index contributed by atoms with van der Waals surface area (Å²) in [5.74, 6) is 0. The van der Waals surface area contributed by atoms with Gasteiger partial charge in [-0.15, -0.1) is 0 Å². The lowest BCUT2D eigenvalue weighted by Crippen LogP contribution is -2.09. The number of alkyl halides is 1. The molecule has 1 unspecified atom stereocenters. The molecule has 66 valence electrons. The first-order chi connectivity index (χ1) is 5.83. The van der Waals surface area contributed by atoms with E-state index < -0.39 is 0 Å². The predicted octanol–water partition coefficient (Wildman–Crippen LogP) is 2.03. The van der Waals surface area contributed by atoms with Crippen molar-refractivity contribution >= 4 is 15.9 Å². The zero-order chi connectivity index (χ0) is 8.81. The topological polar surface area (TPSA) is 22.1 Å². The van der Waals surface area contributed by atoms with Crippen LogP contribution in [0.15, 0.2) is 24.5 Å². The average molecular weight is 230 g/mol. The van der Waals surface area contributed by atoms with Gasteiger partial charge in [-0.1, -0.05) is 15.9 Å². The molecule has 3 heteroatoms. The summed E-state index contributed by atoms with van der Waals surface area (Å²) < 4.78 is 5.01. The van der Waals surface area contributed by atoms with Gasteiger partial charge in [0, 0.05) is 24.3 Å². The molecule has 0 bridgehead atoms. The van der Waals surface area contributed by atoms with Crippen molar-refractivity contribution < 1.29 is 4.74 Å². The van der Waals surface area contributed by atoms with Gasteiger partial charge in [-0.2, -0.15) is 0 Å². The number of pyridine rings is 1. The molecule has 1 heterocycles. The number of methoxy groups -OCH3 is 1. The molecule has 0 N–H and O–H groups in total. The fourth-order valence-corrected chi connectivity index (χ4v) is 1.65. The summed E-state index contributed by atoms with van der Waals surface area (Å²) >= 11 is 3.53. The lowest BCUT2D eigenvalue weighted by molar-refractivity contribution is 0.200. The highest BCUT2D eigenvalue weighted by molar-refractivity contribution is 9.09. The van der Waals surface area contributed by atoms with Crippen LogP contribution in [0.2, 0.25) is 0 Å². The molecule has 0 aliphatic carbocycles. The van der Waals surface area contributed by atoms with Gasteiger partial charge >= 0.3 is 0 Å². The maximum absolute atomic E-state index is 5.01. The molecule has 1 aromatic heterocycles. The standard InChI is InChI=1S/C9H12BrNO/c1-12-7-9(10)6-8-2-4-11-5-3-8/h2-5,9H,6-7H2,1H3. The predicted molar refractivity (Wildman–Crippen MR) is 52.5 cm³/mol. The number of halogens is 1. The molecule has 0 saturated heterocycles. The number of hydrogen-bond acceptors (Lipinski definition) is 2. The van der Waals surface area contributed by atoms with E-state index in [1.807, 2.05) is 24.5 Å². The monoisotopic (exact) mass is 229 g/mol. The zero-order valence-electron chi connectivity index (χ0n) is 7.03. The van der Waals surface area contributed by atoms with Crippen LogP contribution in [-0.4, -0.2) is 23.5 Å². The molecule has 1 rings (SSSR count). The van der Waals surface area contributed by atoms with Crippen molar-refractivity contribution in [1.29, 1.82) is 0 Å². The van der Waals surface area contributed by atoms with Crippen LogP contribution in [0.25, 0.3) is 0 Å². The van der Waals surface area contributed by atoms with Gasteiger partial charge in [-0.05, 0) is 24.1 Å². The highest BCUT2D eigenvalue weighted by Gasteiger charge is 2.03. The molecule has 0 radical (unpaired) electrons. The Balaban J connectivity index is 2.41. The second-order valence-corrected chi connectivity index (χ2v) is 3.91. The smallest absolute Gasteiger partial charge is 0.0590 e. The van der Waals surface area contributed by atoms with Crippen LogP contribution in [0, 0.1) is 0 Å². The summed E-state index contributed by atoms with van der Waals surface area (Å²) in [6.45, 7) is 0.738. The maximum Gasteiger partial charge on any atom is 0.0590 e. The molecule has 0 spiro atoms. The second kappa shape index (κ2) is 5.27. The van der Waals surface area contributed by atoms with E-state index >= 15 is 0 Å². The fourth-order valence-electron chi connectivity index (χ4n) is 1.01. The SMILES string of the molecule is COCC(Br)Cc1ccncc1. The van der Waals surface area contributed by atoms with Crippen molar-refractivity contribution in [2.75, 3.05) is 13.7 Å². The number of rotatable bonds is 4. The number of ether oxygens (including phenoxy) is 1. The number of hydrogen-bond donors (Lipinski definition) is 0. The van der Waals surface area contributed by atoms with E-state index in [-0.39, 0.29) is 0 Å². The fraction of sp³-hybridized carbons (Fsp3) is 0.444. The van der Waals surface area contributed by atoms with Crippen LogP contribution < -0.4 is 0 Å². The highest BCUT2D eigenvalue weighted by atomic mass is 79.9. The molecule has 0 amide bonds. The molecule has 1 aromatic rings. The summed E-state index contributed by atoms with van der Waals surface area (Å²) in [4.78, 5) is 4.35. The van der Waals surface area contributed by atoms with Crippen LogP contribution in [-0.2, 0) is 11.2 Å². The third kappa shape index (κ3) is 3.32. The first kappa shape index (κ1) is 9.68. The second-order valence-electron chi connectivity index (χ2n) is 2.61. The zero-order valence-corrected chi connectivity index (χ0v) is 8.62. The van der Waals surface area contributed by atoms with Crippen molar-refractivity contribution in [2.45, 2.75) is 11.2 Å². The van der Waals surface area contributed by atoms with E-state index in [0.29, 0.717) is 4.83 Å². The Morgan fingerprint density at radius 1 is 1.50 bits per heavy atom. The molecule has 0 aromatic carbocycles. The molecule has 0 fully saturated rings. The van der Waals surface area contributed by atoms with Gasteiger partial charge in [0.25, 0.3) is 0 Å². The number of aromatic nitrogens is 1. The van der Waals surface area contributed by atoms with Gasteiger partial charge in [-0.25, -0.2) is 0 Å². The third-order valence-corrected chi connectivity index (χ3v) is 2.14. The summed E-state index contributed by atoms with van der Waals surface area (Å²) in [7, 11) is 1.71. The summed E-state index contributed by atoms with van der Waals surface area (Å²) in [6, 6.07) is 4.04. The Bertz CT molecular complexity index is 215. The first-order valence-corrected chi connectivity index (χ1v) is 4.76. The van der Waals surface area contributed by atoms with Crippen LogP contribution in [0.3, 0.4) is 0 Å². The van der Waals surface area contributed by atoms with Crippen LogP contribution in [0.4, 0.5) is 0 Å². The Kier molecular flexibility index (Phi) is 4.25. The molecule has 0 aliphatic rings. The van der Waals surface area contributed by atoms with Crippen molar-refractivity contribution in [3.8, 4) is 0 Å². The van der Waals surface area contributed by atoms with E-state index in [1.54, 1.807) is 7.11 Å². The normalized spacial score (nSPS) is 12.8. The highest BCUT2D eigenvalue weighted by Crippen LogP contribution is 2.08. The molecule has 1 atom stereocenters. The molecule has 0 aliphatic heterocycles. The first-order valence-electron chi connectivity index (χ1n) is 3.85. The van der Waals surface area contributed by atoms with Gasteiger partial charge in [0.05, 0.1) is 6.61 Å². The molecule has 12 heavy (non-hydrogen) atoms. The molecule has 0 saturated carbocycles. The summed E-state index contributed by atoms with van der Waals surface area (Å²) in [5.41, 5.74) is 1.28. The lowest BCUT2D eigenvalue weighted by atomic mass is 10.1. The lowest BCUT2D eigenvalue weighted by Gasteiger charge is -2.07. The Labute approximate surface area is 81.1 Å². The third-order valence-electron chi connectivity index (χ3n) is 1.55. The number of nitrogens with zero attached hydrogens (tertiary/aromatic N) is 1. The van der Waals surface area contributed by atoms with Gasteiger partial charge in [0.1, 0.15) is 0 Å². The van der Waals surface area contributed by atoms with Crippen molar-refractivity contribution in [1.82, 2.24) is 4.98 Å². The van der Waals surface area contributed by atoms with E-state index in [4.69, 9.17) is 4.74 Å². The minimum Gasteiger partial charge on any atom is -0.384 e. The van der Waals surface area contributed by atoms with Crippen molar-refractivity contribution in [3.05, 3.63) is 30.1 Å². The Morgan fingerprint density at radius 2 is 2.17 bits per heavy atom. The van der Waals surface area contributed by atoms with Crippen LogP contribution in [0.1, 0.15) is 5.56 Å². The van der Waals surface area contributed by atoms with Gasteiger partial charge in [-0.3, -0.25) is 4.98 Å². The van der Waals surface area contributed by atoms with Crippen LogP contribution in [0.5, 0.6) is 0 Å². The maximum atomic E-state index is 5.01. The van der Waals surface area contributed by atoms with Gasteiger partial charge < -0.3 is 4.74 Å². The average Bonchev–Trinajstić information content (AvgIpc) is 2.06. The van der Waals surface area contributed by atoms with E-state index in [2.05, 4.69) is 20.9 Å². The van der Waals surface area contributed by atoms with Crippen molar-refractivity contribution in [2.24, 2.45) is 0 Å². The van der Waals surface area contributed by atoms with E-state index in [1.165, 1.54) is 5.56 Å². The molecule has 2 nitrogen and oxygen atoms in total. The molecular weight excluding hydrogens is 218 g/mol. The quantitative estimate of drug-likeness (QED) is 0.738. The minimum atomic E-state index is 0.393. The van der Waals surface area contributed by atoms with Gasteiger partial charge in [0.15, 0.2) is 0 Å². The molecular formula is C9H12BrNO. The summed E-state index contributed by atoms with van der Waals surface area (Å²) in [5, 5.41) is 0. The summed E-state index contributed by atoms with van der Waals surface area (Å²) in [6.07, 6.45) is 4.60. The van der Waals surface area contributed by atoms with E-state index in [0.717, 1.165) is 13.0 Å². The minimum absolute atomic E-state index is 0.393. The van der Waals surface area contributed by atoms with Crippen LogP contribution >= 0.6 is 15.9 Å². The van der Waals surface area contributed by atoms with E-state index in [9.17, 15) is 0 Å². The van der Waals surface area contributed by atoms with Crippen molar-refractivity contribution in [3.63, 3.8) is 0 Å².